The number of ether oxygens (including phenoxy) is 1. The number of H-pyrrole nitrogens is 1. The first-order chi connectivity index (χ1) is 6.92. The highest BCUT2D eigenvalue weighted by Gasteiger charge is 2.00. The zero-order valence-corrected chi connectivity index (χ0v) is 8.21. The van der Waals surface area contributed by atoms with Crippen molar-refractivity contribution in [3.8, 4) is 0 Å². The number of para-hydroxylation sites is 1. The molecule has 1 aromatic heterocycles. The molecule has 3 nitrogen and oxygen atoms in total. The zero-order chi connectivity index (χ0) is 9.80. The lowest BCUT2D eigenvalue weighted by atomic mass is 10.2. The molecule has 2 N–H and O–H groups in total. The van der Waals surface area contributed by atoms with Crippen LogP contribution >= 0.6 is 0 Å². The highest BCUT2D eigenvalue weighted by atomic mass is 16.5. The Hall–Kier alpha value is -1.32. The molecule has 1 aromatic carbocycles. The number of benzene rings is 1. The molecular weight excluding hydrogens is 176 g/mol. The summed E-state index contributed by atoms with van der Waals surface area (Å²) in [5, 5.41) is 4.46. The van der Waals surface area contributed by atoms with Crippen molar-refractivity contribution >= 4 is 10.9 Å². The molecule has 0 aliphatic carbocycles. The number of hydrogen-bond donors (Lipinski definition) is 2. The van der Waals surface area contributed by atoms with Crippen molar-refractivity contribution in [3.63, 3.8) is 0 Å². The molecule has 0 bridgehead atoms. The summed E-state index contributed by atoms with van der Waals surface area (Å²) in [6.45, 7) is 1.41. The Kier molecular flexibility index (Phi) is 2.81. The summed E-state index contributed by atoms with van der Waals surface area (Å²) in [5.74, 6) is 0. The summed E-state index contributed by atoms with van der Waals surface area (Å²) in [6, 6.07) is 8.28. The second-order valence-corrected chi connectivity index (χ2v) is 3.22. The van der Waals surface area contributed by atoms with Crippen LogP contribution in [0, 0.1) is 0 Å². The van der Waals surface area contributed by atoms with Crippen LogP contribution in [0.3, 0.4) is 0 Å². The van der Waals surface area contributed by atoms with Gasteiger partial charge in [0.15, 0.2) is 0 Å². The third-order valence-electron chi connectivity index (χ3n) is 2.24. The smallest absolute Gasteiger partial charge is 0.0964 e. The predicted octanol–water partition coefficient (Wildman–Crippen LogP) is 1.86. The molecular formula is C11H14N2O. The maximum Gasteiger partial charge on any atom is 0.0964 e. The quantitative estimate of drug-likeness (QED) is 0.570. The third kappa shape index (κ3) is 1.78. The Balaban J connectivity index is 2.17. The van der Waals surface area contributed by atoms with Crippen molar-refractivity contribution in [1.82, 2.24) is 10.3 Å². The molecule has 0 aliphatic heterocycles. The summed E-state index contributed by atoms with van der Waals surface area (Å²) in [6.07, 6.45) is 2.04. The third-order valence-corrected chi connectivity index (χ3v) is 2.24. The van der Waals surface area contributed by atoms with Crippen molar-refractivity contribution in [3.05, 3.63) is 36.0 Å². The van der Waals surface area contributed by atoms with Gasteiger partial charge in [-0.25, -0.2) is 0 Å². The molecule has 0 saturated heterocycles. The van der Waals surface area contributed by atoms with Gasteiger partial charge in [0.25, 0.3) is 0 Å². The van der Waals surface area contributed by atoms with Crippen LogP contribution in [0.5, 0.6) is 0 Å². The van der Waals surface area contributed by atoms with E-state index in [1.54, 1.807) is 7.11 Å². The summed E-state index contributed by atoms with van der Waals surface area (Å²) >= 11 is 0. The second kappa shape index (κ2) is 4.26. The van der Waals surface area contributed by atoms with Crippen LogP contribution in [0.2, 0.25) is 0 Å². The highest BCUT2D eigenvalue weighted by Crippen LogP contribution is 2.16. The molecule has 0 aliphatic rings. The minimum absolute atomic E-state index is 0.583. The molecule has 0 atom stereocenters. The van der Waals surface area contributed by atoms with E-state index >= 15 is 0 Å². The largest absolute Gasteiger partial charge is 0.370 e. The molecule has 14 heavy (non-hydrogen) atoms. The van der Waals surface area contributed by atoms with Crippen molar-refractivity contribution in [2.75, 3.05) is 13.8 Å². The number of methoxy groups -OCH3 is 1. The van der Waals surface area contributed by atoms with E-state index in [2.05, 4.69) is 28.5 Å². The van der Waals surface area contributed by atoms with E-state index in [9.17, 15) is 0 Å². The molecule has 74 valence electrons. The van der Waals surface area contributed by atoms with Gasteiger partial charge in [0, 0.05) is 30.8 Å². The Morgan fingerprint density at radius 3 is 3.07 bits per heavy atom. The first-order valence-electron chi connectivity index (χ1n) is 4.66. The summed E-state index contributed by atoms with van der Waals surface area (Å²) in [5.41, 5.74) is 2.46. The normalized spacial score (nSPS) is 10.9. The number of hydrogen-bond acceptors (Lipinski definition) is 2. The van der Waals surface area contributed by atoms with Gasteiger partial charge in [-0.15, -0.1) is 0 Å². The van der Waals surface area contributed by atoms with Crippen LogP contribution < -0.4 is 5.32 Å². The lowest BCUT2D eigenvalue weighted by Gasteiger charge is -2.01. The summed E-state index contributed by atoms with van der Waals surface area (Å²) < 4.78 is 4.93. The molecule has 3 heteroatoms. The number of aromatic amines is 1. The van der Waals surface area contributed by atoms with Gasteiger partial charge in [0.2, 0.25) is 0 Å². The lowest BCUT2D eigenvalue weighted by Crippen LogP contribution is -2.15. The fourth-order valence-corrected chi connectivity index (χ4v) is 1.57. The maximum atomic E-state index is 4.93. The van der Waals surface area contributed by atoms with Crippen molar-refractivity contribution < 1.29 is 4.74 Å². The van der Waals surface area contributed by atoms with Gasteiger partial charge in [-0.1, -0.05) is 18.2 Å². The average molecular weight is 190 g/mol. The molecule has 0 saturated carbocycles. The topological polar surface area (TPSA) is 37.0 Å². The molecule has 2 aromatic rings. The van der Waals surface area contributed by atoms with Crippen LogP contribution in [0.25, 0.3) is 10.9 Å². The minimum Gasteiger partial charge on any atom is -0.370 e. The molecule has 0 fully saturated rings. The molecule has 0 amide bonds. The Morgan fingerprint density at radius 2 is 2.21 bits per heavy atom. The first kappa shape index (κ1) is 9.24. The van der Waals surface area contributed by atoms with Crippen LogP contribution in [0.4, 0.5) is 0 Å². The van der Waals surface area contributed by atoms with E-state index in [0.717, 1.165) is 6.54 Å². The number of aromatic nitrogens is 1. The predicted molar refractivity (Wildman–Crippen MR) is 57.0 cm³/mol. The zero-order valence-electron chi connectivity index (χ0n) is 8.21. The van der Waals surface area contributed by atoms with Gasteiger partial charge >= 0.3 is 0 Å². The second-order valence-electron chi connectivity index (χ2n) is 3.22. The number of nitrogens with one attached hydrogen (secondary N) is 2. The van der Waals surface area contributed by atoms with E-state index in [4.69, 9.17) is 4.74 Å². The van der Waals surface area contributed by atoms with E-state index in [1.807, 2.05) is 12.3 Å². The molecule has 2 rings (SSSR count). The molecule has 1 heterocycles. The Morgan fingerprint density at radius 1 is 1.36 bits per heavy atom. The lowest BCUT2D eigenvalue weighted by molar-refractivity contribution is 0.174. The highest BCUT2D eigenvalue weighted by molar-refractivity contribution is 5.82. The van der Waals surface area contributed by atoms with Crippen LogP contribution in [0.15, 0.2) is 30.5 Å². The molecule has 0 unspecified atom stereocenters. The number of fused-ring (bicyclic) bond motifs is 1. The summed E-state index contributed by atoms with van der Waals surface area (Å²) in [7, 11) is 1.68. The van der Waals surface area contributed by atoms with Gasteiger partial charge in [-0.3, -0.25) is 5.32 Å². The van der Waals surface area contributed by atoms with Gasteiger partial charge in [-0.2, -0.15) is 0 Å². The van der Waals surface area contributed by atoms with Gasteiger partial charge in [0.1, 0.15) is 0 Å². The van der Waals surface area contributed by atoms with Crippen LogP contribution in [-0.4, -0.2) is 18.8 Å². The van der Waals surface area contributed by atoms with Crippen molar-refractivity contribution in [2.45, 2.75) is 6.54 Å². The Labute approximate surface area is 83.1 Å². The van der Waals surface area contributed by atoms with E-state index < -0.39 is 0 Å². The Bertz CT molecular complexity index is 408. The minimum atomic E-state index is 0.583. The summed E-state index contributed by atoms with van der Waals surface area (Å²) in [4.78, 5) is 3.23. The van der Waals surface area contributed by atoms with E-state index in [-0.39, 0.29) is 0 Å². The van der Waals surface area contributed by atoms with E-state index in [1.165, 1.54) is 16.5 Å². The van der Waals surface area contributed by atoms with Crippen molar-refractivity contribution in [2.24, 2.45) is 0 Å². The maximum absolute atomic E-state index is 4.93. The molecule has 0 spiro atoms. The molecule has 0 radical (unpaired) electrons. The van der Waals surface area contributed by atoms with Crippen LogP contribution in [0.1, 0.15) is 5.56 Å². The van der Waals surface area contributed by atoms with Crippen molar-refractivity contribution in [1.29, 1.82) is 0 Å². The number of rotatable bonds is 4. The van der Waals surface area contributed by atoms with Gasteiger partial charge in [-0.05, 0) is 11.6 Å². The first-order valence-corrected chi connectivity index (χ1v) is 4.66. The monoisotopic (exact) mass is 190 g/mol. The fraction of sp³-hybridized carbons (Fsp3) is 0.273. The standard InChI is InChI=1S/C11H14N2O/c1-14-8-12-6-9-7-13-11-5-3-2-4-10(9)11/h2-5,7,12-13H,6,8H2,1H3. The van der Waals surface area contributed by atoms with Crippen LogP contribution in [-0.2, 0) is 11.3 Å². The van der Waals surface area contributed by atoms with E-state index in [0.29, 0.717) is 6.73 Å². The SMILES string of the molecule is COCNCc1c[nH]c2ccccc12. The average Bonchev–Trinajstić information content (AvgIpc) is 2.63. The van der Waals surface area contributed by atoms with Gasteiger partial charge in [0.05, 0.1) is 6.73 Å². The van der Waals surface area contributed by atoms with Gasteiger partial charge < -0.3 is 9.72 Å². The fourth-order valence-electron chi connectivity index (χ4n) is 1.57.